The number of halogens is 2. The third kappa shape index (κ3) is 34.5. The molecule has 2 heterocycles. The first-order valence-corrected chi connectivity index (χ1v) is 43.0. The maximum atomic E-state index is 13.4. The van der Waals surface area contributed by atoms with Gasteiger partial charge in [0, 0.05) is 55.9 Å². The molecule has 22 nitrogen and oxygen atoms in total. The van der Waals surface area contributed by atoms with Gasteiger partial charge in [0.15, 0.2) is 12.3 Å². The second-order valence-electron chi connectivity index (χ2n) is 25.7. The number of benzene rings is 6. The van der Waals surface area contributed by atoms with Crippen LogP contribution in [0.1, 0.15) is 157 Å². The van der Waals surface area contributed by atoms with Crippen molar-refractivity contribution in [3.63, 3.8) is 0 Å². The lowest BCUT2D eigenvalue weighted by Crippen LogP contribution is -2.43. The van der Waals surface area contributed by atoms with Gasteiger partial charge in [-0.1, -0.05) is 187 Å². The van der Waals surface area contributed by atoms with Crippen LogP contribution < -0.4 is 29.6 Å². The first kappa shape index (κ1) is 93.1. The van der Waals surface area contributed by atoms with Crippen molar-refractivity contribution in [2.75, 3.05) is 54.3 Å². The van der Waals surface area contributed by atoms with Gasteiger partial charge in [0.2, 0.25) is 5.52 Å². The number of fused-ring (bicyclic) bond motifs is 3. The van der Waals surface area contributed by atoms with Crippen molar-refractivity contribution in [2.24, 2.45) is 4.99 Å². The van der Waals surface area contributed by atoms with Gasteiger partial charge in [-0.2, -0.15) is 15.1 Å². The molecule has 7 aromatic rings. The number of unbranched alkanes of at least 4 members (excludes halogenated alkanes) is 12. The minimum absolute atomic E-state index is 0.00440. The number of hydrogen-bond acceptors (Lipinski definition) is 22. The number of carboxylic acid groups (broad SMARTS) is 1. The molecule has 0 fully saturated rings. The van der Waals surface area contributed by atoms with Gasteiger partial charge >= 0.3 is 5.97 Å². The van der Waals surface area contributed by atoms with Crippen LogP contribution in [0.4, 0.5) is 11.4 Å². The fraction of sp³-hybridized carbons (Fsp3) is 0.378. The van der Waals surface area contributed by atoms with E-state index in [2.05, 4.69) is 29.5 Å². The molecule has 0 saturated carbocycles. The van der Waals surface area contributed by atoms with E-state index in [1.54, 1.807) is 114 Å². The van der Waals surface area contributed by atoms with E-state index in [1.165, 1.54) is 125 Å². The SMILES string of the molecule is CCC(=Cc1sc2ccc(Cl)cc2[n+]1CC(O)CS(=O)(=O)[O-])/C=C1\Sc2ccc(Cl)cc2N1CC(O)CS(=O)(=O)[O-].CCCCCCCCCCCCOc1ccc(C)cc1NC(=O)c1cc(SCCC(=O)O)c2ccccc2c1O.CCCCCCN/C=C/C=C/N=CC#N.COc1ccc(/C=C(/C#N)C(C)=O)cc1. The number of thioether (sulfide) groups is 2. The Morgan fingerprint density at radius 2 is 1.42 bits per heavy atom. The molecule has 8 rings (SSSR count). The number of rotatable bonds is 40. The lowest BCUT2D eigenvalue weighted by atomic mass is 10.0. The highest BCUT2D eigenvalue weighted by Crippen LogP contribution is 2.48. The lowest BCUT2D eigenvalue weighted by Gasteiger charge is -2.24. The summed E-state index contributed by atoms with van der Waals surface area (Å²) >= 11 is 16.5. The number of carbonyl (C=O) groups is 3. The lowest BCUT2D eigenvalue weighted by molar-refractivity contribution is -0.675. The molecule has 29 heteroatoms. The van der Waals surface area contributed by atoms with Crippen LogP contribution in [0.2, 0.25) is 10.0 Å². The number of Topliss-reactive ketones (excluding diaryl/α,β-unsaturated/α-hetero) is 1. The topological polar surface area (TPSA) is 356 Å². The standard InChI is InChI=1S/C33H43NO5S.C25H26Cl2N2O8S4.C12H19N3.C12H11NO2/c1-3-4-5-6-7-8-9-10-11-14-20-39-29-18-17-24(2)22-28(29)34-33(38)27-23-30(40-21-19-31(35)36)25-15-12-13-16-26(25)32(27)37;1-2-15(7-24-28(11-18(30)13-40(32,33)34)20-9-16(26)3-5-22(20)38-24)8-25-29(12-19(31)14-41(35,36)37)21-10-17(27)4-6-23(21)39-25;1-2-3-4-5-9-14-10-6-7-11-15-12-8-13;1-9(14)11(8-13)7-10-3-5-12(15-2)6-4-10/h12-13,15-18,22-23,37H,3-11,14,19-21H2,1-2H3,(H,34,38)(H,35,36);3-10,18-19,30-31H,2,11-14H2,1H3,(H-,32,33,34,35,36,37);6-7,10-12,14H,2-5,9H2,1H3;3-7H,1-2H3/p-1/b;;10-6+,11-7+,15-12?;11-7-. The predicted octanol–water partition coefficient (Wildman–Crippen LogP) is 17.5. The zero-order valence-corrected chi connectivity index (χ0v) is 68.8. The van der Waals surface area contributed by atoms with Crippen molar-refractivity contribution in [3.05, 3.63) is 188 Å². The van der Waals surface area contributed by atoms with Crippen molar-refractivity contribution in [1.29, 1.82) is 10.5 Å². The summed E-state index contributed by atoms with van der Waals surface area (Å²) in [5.41, 5.74) is 4.75. The summed E-state index contributed by atoms with van der Waals surface area (Å²) in [6.07, 6.45) is 28.9. The van der Waals surface area contributed by atoms with Crippen LogP contribution in [0.3, 0.4) is 0 Å². The van der Waals surface area contributed by atoms with Gasteiger partial charge in [-0.25, -0.2) is 16.8 Å². The zero-order valence-electron chi connectivity index (χ0n) is 63.2. The van der Waals surface area contributed by atoms with Crippen LogP contribution >= 0.6 is 58.1 Å². The Balaban J connectivity index is 0.000000292. The molecule has 6 N–H and O–H groups in total. The molecule has 0 spiro atoms. The molecule has 1 aromatic heterocycles. The van der Waals surface area contributed by atoms with Crippen molar-refractivity contribution >= 4 is 147 Å². The molecule has 0 aliphatic carbocycles. The number of hydrogen-bond donors (Lipinski definition) is 6. The number of allylic oxidation sites excluding steroid dienone is 5. The van der Waals surface area contributed by atoms with Gasteiger partial charge in [0.1, 0.15) is 46.4 Å². The average molecular weight is 1650 g/mol. The molecule has 596 valence electrons. The third-order valence-electron chi connectivity index (χ3n) is 16.7. The number of β-amino-alcohol motifs (C(OH)–C–C–N with tert-alkyl or cyclic N) is 1. The number of phenolic OH excluding ortho intramolecular Hbond substituents is 1. The van der Waals surface area contributed by atoms with Crippen LogP contribution in [0.5, 0.6) is 17.2 Å². The summed E-state index contributed by atoms with van der Waals surface area (Å²) in [7, 11) is -7.73. The monoisotopic (exact) mass is 1650 g/mol. The molecule has 1 aliphatic heterocycles. The number of aliphatic carboxylic acids is 1. The Labute approximate surface area is 674 Å². The van der Waals surface area contributed by atoms with E-state index in [4.69, 9.17) is 48.3 Å². The Morgan fingerprint density at radius 3 is 2.05 bits per heavy atom. The molecule has 1 amide bonds. The van der Waals surface area contributed by atoms with Gasteiger partial charge < -0.3 is 54.5 Å². The van der Waals surface area contributed by atoms with E-state index in [-0.39, 0.29) is 42.2 Å². The van der Waals surface area contributed by atoms with Crippen LogP contribution in [0.15, 0.2) is 171 Å². The average Bonchev–Trinajstić information content (AvgIpc) is 1.78. The number of amides is 1. The summed E-state index contributed by atoms with van der Waals surface area (Å²) in [4.78, 5) is 42.4. The number of nitrogens with zero attached hydrogens (tertiary/aromatic N) is 5. The number of aliphatic hydroxyl groups excluding tert-OH is 2. The third-order valence-corrected chi connectivity index (χ3v) is 22.0. The van der Waals surface area contributed by atoms with Crippen LogP contribution in [-0.2, 0) is 36.4 Å². The van der Waals surface area contributed by atoms with Crippen molar-refractivity contribution in [2.45, 2.75) is 166 Å². The van der Waals surface area contributed by atoms with Gasteiger partial charge in [-0.3, -0.25) is 19.4 Å². The number of aliphatic imine (C=N–C) groups is 1. The van der Waals surface area contributed by atoms with Crippen LogP contribution in [-0.4, -0.2) is 127 Å². The molecule has 1 aliphatic rings. The van der Waals surface area contributed by atoms with E-state index >= 15 is 0 Å². The van der Waals surface area contributed by atoms with Crippen LogP contribution in [0.25, 0.3) is 33.1 Å². The number of carbonyl (C=O) groups excluding carboxylic acids is 2. The molecule has 111 heavy (non-hydrogen) atoms. The number of aryl methyl sites for hydroxylation is 1. The van der Waals surface area contributed by atoms with Gasteiger partial charge in [-0.15, -0.1) is 11.8 Å². The number of phenols is 1. The minimum Gasteiger partial charge on any atom is -0.748 e. The maximum absolute atomic E-state index is 13.4. The van der Waals surface area contributed by atoms with Crippen molar-refractivity contribution in [1.82, 2.24) is 5.32 Å². The number of methoxy groups -OCH3 is 1. The number of nitrogens with one attached hydrogen (secondary N) is 2. The van der Waals surface area contributed by atoms with E-state index in [1.807, 2.05) is 80.7 Å². The summed E-state index contributed by atoms with van der Waals surface area (Å²) in [5, 5.41) is 67.3. The number of ketones is 1. The number of thiazole rings is 1. The summed E-state index contributed by atoms with van der Waals surface area (Å²) in [5.74, 6) is -1.83. The van der Waals surface area contributed by atoms with Gasteiger partial charge in [-0.05, 0) is 146 Å². The first-order valence-electron chi connectivity index (χ1n) is 36.5. The Morgan fingerprint density at radius 1 is 0.784 bits per heavy atom. The number of aromatic nitrogens is 1. The highest BCUT2D eigenvalue weighted by atomic mass is 35.5. The molecule has 2 unspecified atom stereocenters. The quantitative estimate of drug-likeness (QED) is 0.00304. The molecule has 0 saturated heterocycles. The van der Waals surface area contributed by atoms with E-state index in [0.29, 0.717) is 66.9 Å². The summed E-state index contributed by atoms with van der Waals surface area (Å²) in [6.45, 7) is 11.0. The van der Waals surface area contributed by atoms with Gasteiger partial charge in [0.05, 0.1) is 92.1 Å². The number of anilines is 2. The molecule has 6 aromatic carbocycles. The fourth-order valence-electron chi connectivity index (χ4n) is 11.1. The number of carboxylic acids is 1. The Bertz CT molecular complexity index is 4730. The molecular weight excluding hydrogens is 1550 g/mol. The largest absolute Gasteiger partial charge is 0.748 e. The zero-order chi connectivity index (χ0) is 81.3. The highest BCUT2D eigenvalue weighted by Gasteiger charge is 2.30. The van der Waals surface area contributed by atoms with Crippen LogP contribution in [0, 0.1) is 29.6 Å². The number of ether oxygens (including phenoxy) is 2. The Kier molecular flexibility index (Phi) is 41.7. The molecule has 2 atom stereocenters. The number of aliphatic hydroxyl groups is 2. The van der Waals surface area contributed by atoms with Crippen molar-refractivity contribution < 1.29 is 74.8 Å². The first-order chi connectivity index (χ1) is 53.1. The molecule has 0 radical (unpaired) electrons. The summed E-state index contributed by atoms with van der Waals surface area (Å²) < 4.78 is 81.0. The van der Waals surface area contributed by atoms with Gasteiger partial charge in [0.25, 0.3) is 10.9 Å². The molecular formula is C82H98Cl2N7O15S5-. The number of aromatic hydroxyl groups is 1. The van der Waals surface area contributed by atoms with Crippen molar-refractivity contribution in [3.8, 4) is 29.4 Å². The smallest absolute Gasteiger partial charge is 0.304 e. The maximum Gasteiger partial charge on any atom is 0.304 e. The van der Waals surface area contributed by atoms with E-state index in [9.17, 15) is 55.6 Å². The highest BCUT2D eigenvalue weighted by molar-refractivity contribution is 8.03. The molecule has 0 bridgehead atoms. The number of nitriles is 2. The second kappa shape index (κ2) is 49.7. The minimum atomic E-state index is -4.66. The summed E-state index contributed by atoms with van der Waals surface area (Å²) in [6, 6.07) is 35.8. The Hall–Kier alpha value is -8.55. The predicted molar refractivity (Wildman–Crippen MR) is 446 cm³/mol. The van der Waals surface area contributed by atoms with E-state index < -0.39 is 55.8 Å². The normalized spacial score (nSPS) is 13.2. The fourth-order valence-corrected chi connectivity index (χ4v) is 15.9. The van der Waals surface area contributed by atoms with E-state index in [0.717, 1.165) is 61.7 Å². The second-order valence-corrected chi connectivity index (χ2v) is 32.7.